The van der Waals surface area contributed by atoms with Crippen molar-refractivity contribution in [2.75, 3.05) is 5.32 Å². The van der Waals surface area contributed by atoms with Crippen LogP contribution >= 0.6 is 27.3 Å². The molecule has 0 aliphatic heterocycles. The van der Waals surface area contributed by atoms with Gasteiger partial charge in [0.1, 0.15) is 5.57 Å². The summed E-state index contributed by atoms with van der Waals surface area (Å²) in [5.74, 6) is -1.78. The Labute approximate surface area is 133 Å². The molecule has 1 aromatic heterocycles. The number of thiazole rings is 1. The van der Waals surface area contributed by atoms with Gasteiger partial charge in [0, 0.05) is 21.6 Å². The average molecular weight is 367 g/mol. The zero-order chi connectivity index (χ0) is 15.4. The summed E-state index contributed by atoms with van der Waals surface area (Å²) in [5, 5.41) is 5.12. The lowest BCUT2D eigenvalue weighted by Crippen LogP contribution is -2.26. The zero-order valence-electron chi connectivity index (χ0n) is 10.7. The first-order valence-electron chi connectivity index (χ1n) is 5.75. The van der Waals surface area contributed by atoms with Crippen LogP contribution in [0.25, 0.3) is 11.3 Å². The minimum atomic E-state index is -0.889. The Morgan fingerprint density at radius 2 is 1.81 bits per heavy atom. The molecule has 8 heteroatoms. The number of primary amides is 2. The largest absolute Gasteiger partial charge is 0.365 e. The fourth-order valence-electron chi connectivity index (χ4n) is 1.49. The molecule has 2 rings (SSSR count). The van der Waals surface area contributed by atoms with Crippen LogP contribution < -0.4 is 16.8 Å². The van der Waals surface area contributed by atoms with E-state index in [0.29, 0.717) is 5.13 Å². The maximum Gasteiger partial charge on any atom is 0.255 e. The van der Waals surface area contributed by atoms with Crippen LogP contribution in [-0.2, 0) is 9.59 Å². The molecule has 0 fully saturated rings. The second-order valence-electron chi connectivity index (χ2n) is 3.98. The van der Waals surface area contributed by atoms with Crippen LogP contribution in [0.5, 0.6) is 0 Å². The van der Waals surface area contributed by atoms with Crippen molar-refractivity contribution in [3.8, 4) is 11.3 Å². The van der Waals surface area contributed by atoms with Crippen molar-refractivity contribution in [3.63, 3.8) is 0 Å². The number of carbonyl (C=O) groups excluding carboxylic acids is 2. The van der Waals surface area contributed by atoms with Gasteiger partial charge >= 0.3 is 0 Å². The van der Waals surface area contributed by atoms with Crippen LogP contribution in [0, 0.1) is 0 Å². The minimum absolute atomic E-state index is 0.310. The Morgan fingerprint density at radius 1 is 1.19 bits per heavy atom. The summed E-state index contributed by atoms with van der Waals surface area (Å²) < 4.78 is 0.982. The molecule has 2 aromatic rings. The Bertz CT molecular complexity index is 693. The molecule has 0 unspecified atom stereocenters. The summed E-state index contributed by atoms with van der Waals surface area (Å²) in [5.41, 5.74) is 11.5. The van der Waals surface area contributed by atoms with Gasteiger partial charge in [-0.25, -0.2) is 4.98 Å². The molecule has 0 saturated carbocycles. The molecular formula is C13H11BrN4O2S. The third-order valence-corrected chi connectivity index (χ3v) is 3.82. The fourth-order valence-corrected chi connectivity index (χ4v) is 2.45. The molecule has 0 aliphatic carbocycles. The molecule has 0 bridgehead atoms. The quantitative estimate of drug-likeness (QED) is 0.425. The third kappa shape index (κ3) is 3.89. The molecule has 0 saturated heterocycles. The standard InChI is InChI=1S/C13H11BrN4O2S/c14-8-3-1-7(2-4-8)10-6-21-13(18-10)17-5-9(11(15)19)12(16)20/h1-6H,(H2,15,19)(H2,16,20)(H,17,18). The fraction of sp³-hybridized carbons (Fsp3) is 0. The number of hydrogen-bond donors (Lipinski definition) is 3. The smallest absolute Gasteiger partial charge is 0.255 e. The first-order chi connectivity index (χ1) is 9.97. The second kappa shape index (κ2) is 6.51. The molecule has 2 amide bonds. The van der Waals surface area contributed by atoms with Crippen LogP contribution in [0.2, 0.25) is 0 Å². The van der Waals surface area contributed by atoms with Gasteiger partial charge in [0.2, 0.25) is 0 Å². The van der Waals surface area contributed by atoms with Crippen LogP contribution in [0.1, 0.15) is 0 Å². The minimum Gasteiger partial charge on any atom is -0.365 e. The van der Waals surface area contributed by atoms with Gasteiger partial charge < -0.3 is 16.8 Å². The van der Waals surface area contributed by atoms with Crippen molar-refractivity contribution in [1.29, 1.82) is 0 Å². The summed E-state index contributed by atoms with van der Waals surface area (Å²) in [4.78, 5) is 26.4. The molecule has 108 valence electrons. The van der Waals surface area contributed by atoms with Gasteiger partial charge in [0.25, 0.3) is 11.8 Å². The van der Waals surface area contributed by atoms with E-state index >= 15 is 0 Å². The van der Waals surface area contributed by atoms with E-state index in [1.165, 1.54) is 11.3 Å². The zero-order valence-corrected chi connectivity index (χ0v) is 13.1. The lowest BCUT2D eigenvalue weighted by atomic mass is 10.2. The van der Waals surface area contributed by atoms with Gasteiger partial charge in [-0.3, -0.25) is 9.59 Å². The molecular weight excluding hydrogens is 356 g/mol. The highest BCUT2D eigenvalue weighted by Gasteiger charge is 2.11. The van der Waals surface area contributed by atoms with Crippen molar-refractivity contribution in [2.45, 2.75) is 0 Å². The summed E-state index contributed by atoms with van der Waals surface area (Å²) in [6.07, 6.45) is 1.16. The number of nitrogens with two attached hydrogens (primary N) is 2. The number of benzene rings is 1. The van der Waals surface area contributed by atoms with Crippen molar-refractivity contribution < 1.29 is 9.59 Å². The highest BCUT2D eigenvalue weighted by atomic mass is 79.9. The van der Waals surface area contributed by atoms with E-state index in [1.807, 2.05) is 29.6 Å². The SMILES string of the molecule is NC(=O)C(=CNc1nc(-c2ccc(Br)cc2)cs1)C(N)=O. The second-order valence-corrected chi connectivity index (χ2v) is 5.75. The van der Waals surface area contributed by atoms with Gasteiger partial charge in [0.15, 0.2) is 5.13 Å². The summed E-state index contributed by atoms with van der Waals surface area (Å²) in [7, 11) is 0. The topological polar surface area (TPSA) is 111 Å². The van der Waals surface area contributed by atoms with Crippen LogP contribution in [-0.4, -0.2) is 16.8 Å². The summed E-state index contributed by atoms with van der Waals surface area (Å²) >= 11 is 4.70. The molecule has 21 heavy (non-hydrogen) atoms. The molecule has 0 atom stereocenters. The summed E-state index contributed by atoms with van der Waals surface area (Å²) in [6, 6.07) is 7.69. The first kappa shape index (κ1) is 15.2. The highest BCUT2D eigenvalue weighted by Crippen LogP contribution is 2.26. The summed E-state index contributed by atoms with van der Waals surface area (Å²) in [6.45, 7) is 0. The molecule has 1 aromatic carbocycles. The Kier molecular flexibility index (Phi) is 4.71. The Hall–Kier alpha value is -2.19. The number of carbonyl (C=O) groups is 2. The third-order valence-electron chi connectivity index (χ3n) is 2.52. The van der Waals surface area contributed by atoms with Gasteiger partial charge in [-0.05, 0) is 12.1 Å². The molecule has 6 nitrogen and oxygen atoms in total. The predicted molar refractivity (Wildman–Crippen MR) is 85.3 cm³/mol. The van der Waals surface area contributed by atoms with Crippen molar-refractivity contribution in [2.24, 2.45) is 11.5 Å². The predicted octanol–water partition coefficient (Wildman–Crippen LogP) is 1.84. The highest BCUT2D eigenvalue weighted by molar-refractivity contribution is 9.10. The van der Waals surface area contributed by atoms with Gasteiger partial charge in [-0.1, -0.05) is 28.1 Å². The molecule has 1 heterocycles. The number of halogens is 1. The number of nitrogens with zero attached hydrogens (tertiary/aromatic N) is 1. The van der Waals surface area contributed by atoms with E-state index in [4.69, 9.17) is 11.5 Å². The van der Waals surface area contributed by atoms with E-state index in [-0.39, 0.29) is 5.57 Å². The number of nitrogens with one attached hydrogen (secondary N) is 1. The van der Waals surface area contributed by atoms with Crippen molar-refractivity contribution >= 4 is 44.2 Å². The van der Waals surface area contributed by atoms with E-state index in [2.05, 4.69) is 26.2 Å². The molecule has 0 aliphatic rings. The number of rotatable bonds is 5. The van der Waals surface area contributed by atoms with E-state index in [1.54, 1.807) is 0 Å². The Balaban J connectivity index is 2.17. The van der Waals surface area contributed by atoms with Crippen molar-refractivity contribution in [3.05, 3.63) is 45.9 Å². The lowest BCUT2D eigenvalue weighted by Gasteiger charge is -1.99. The molecule has 5 N–H and O–H groups in total. The maximum atomic E-state index is 11.0. The normalized spacial score (nSPS) is 9.95. The van der Waals surface area contributed by atoms with E-state index in [9.17, 15) is 9.59 Å². The van der Waals surface area contributed by atoms with E-state index in [0.717, 1.165) is 21.9 Å². The average Bonchev–Trinajstić information content (AvgIpc) is 2.87. The lowest BCUT2D eigenvalue weighted by molar-refractivity contribution is -0.120. The number of aromatic nitrogens is 1. The molecule has 0 spiro atoms. The van der Waals surface area contributed by atoms with Gasteiger partial charge in [-0.2, -0.15) is 0 Å². The van der Waals surface area contributed by atoms with Gasteiger partial charge in [0.05, 0.1) is 5.69 Å². The number of amides is 2. The molecule has 0 radical (unpaired) electrons. The first-order valence-corrected chi connectivity index (χ1v) is 7.42. The van der Waals surface area contributed by atoms with Gasteiger partial charge in [-0.15, -0.1) is 11.3 Å². The monoisotopic (exact) mass is 366 g/mol. The Morgan fingerprint density at radius 3 is 2.38 bits per heavy atom. The van der Waals surface area contributed by atoms with E-state index < -0.39 is 11.8 Å². The number of hydrogen-bond acceptors (Lipinski definition) is 5. The van der Waals surface area contributed by atoms with Crippen LogP contribution in [0.15, 0.2) is 45.9 Å². The number of anilines is 1. The van der Waals surface area contributed by atoms with Crippen LogP contribution in [0.4, 0.5) is 5.13 Å². The van der Waals surface area contributed by atoms with Crippen LogP contribution in [0.3, 0.4) is 0 Å². The maximum absolute atomic E-state index is 11.0. The van der Waals surface area contributed by atoms with Crippen molar-refractivity contribution in [1.82, 2.24) is 4.98 Å².